The van der Waals surface area contributed by atoms with Gasteiger partial charge in [-0.05, 0) is 30.5 Å². The molecular weight excluding hydrogens is 276 g/mol. The molecule has 0 aromatic heterocycles. The van der Waals surface area contributed by atoms with Gasteiger partial charge in [-0.25, -0.2) is 9.59 Å². The Hall–Kier alpha value is -2.14. The molecule has 0 aliphatic rings. The van der Waals surface area contributed by atoms with Crippen LogP contribution in [0.3, 0.4) is 0 Å². The molecule has 112 valence electrons. The summed E-state index contributed by atoms with van der Waals surface area (Å²) in [4.78, 5) is 27.6. The van der Waals surface area contributed by atoms with Crippen LogP contribution in [0, 0.1) is 13.8 Å². The maximum absolute atomic E-state index is 10.6. The molecule has 7 heteroatoms. The molecule has 0 bridgehead atoms. The zero-order chi connectivity index (χ0) is 16.3. The van der Waals surface area contributed by atoms with E-state index in [1.807, 2.05) is 13.0 Å². The van der Waals surface area contributed by atoms with Crippen LogP contribution >= 0.6 is 0 Å². The van der Waals surface area contributed by atoms with E-state index >= 15 is 0 Å². The van der Waals surface area contributed by atoms with Crippen molar-refractivity contribution in [2.75, 3.05) is 0 Å². The fourth-order valence-electron chi connectivity index (χ4n) is 2.26. The molecule has 0 fully saturated rings. The van der Waals surface area contributed by atoms with Gasteiger partial charge in [-0.15, -0.1) is 0 Å². The van der Waals surface area contributed by atoms with Crippen LogP contribution in [0.25, 0.3) is 0 Å². The van der Waals surface area contributed by atoms with Gasteiger partial charge < -0.3 is 15.3 Å². The number of isocyanates is 2. The summed E-state index contributed by atoms with van der Waals surface area (Å²) in [6, 6.07) is 5.19. The smallest absolute Gasteiger partial charge is 0.326 e. The number of carbonyl (C=O) groups excluding carboxylic acids is 2. The van der Waals surface area contributed by atoms with Crippen molar-refractivity contribution in [2.45, 2.75) is 38.3 Å². The van der Waals surface area contributed by atoms with Crippen LogP contribution in [0.5, 0.6) is 0 Å². The lowest BCUT2D eigenvalue weighted by Gasteiger charge is -2.36. The third-order valence-corrected chi connectivity index (χ3v) is 3.64. The van der Waals surface area contributed by atoms with Crippen LogP contribution in [0.1, 0.15) is 29.5 Å². The molecule has 0 heterocycles. The lowest BCUT2D eigenvalue weighted by molar-refractivity contribution is -0.349. The lowest BCUT2D eigenvalue weighted by atomic mass is 9.83. The van der Waals surface area contributed by atoms with E-state index in [9.17, 15) is 24.9 Å². The van der Waals surface area contributed by atoms with Gasteiger partial charge in [-0.1, -0.05) is 25.1 Å². The van der Waals surface area contributed by atoms with Crippen molar-refractivity contribution in [3.63, 3.8) is 0 Å². The van der Waals surface area contributed by atoms with E-state index in [1.54, 1.807) is 19.1 Å². The molecule has 0 saturated heterocycles. The van der Waals surface area contributed by atoms with Crippen molar-refractivity contribution in [2.24, 2.45) is 9.98 Å². The van der Waals surface area contributed by atoms with Gasteiger partial charge in [0.15, 0.2) is 0 Å². The van der Waals surface area contributed by atoms with Crippen LogP contribution in [0.2, 0.25) is 0 Å². The maximum Gasteiger partial charge on any atom is 0.326 e. The van der Waals surface area contributed by atoms with E-state index in [2.05, 4.69) is 9.98 Å². The molecule has 0 aliphatic heterocycles. The zero-order valence-electron chi connectivity index (χ0n) is 11.9. The SMILES string of the molecule is Cc1cccc(C(C)C(N=C=O)(N=C=O)C(O)(O)O)c1C. The molecule has 0 amide bonds. The Morgan fingerprint density at radius 3 is 2.05 bits per heavy atom. The normalized spacial score (nSPS) is 15.3. The number of aliphatic imine (C=N–C) groups is 2. The molecule has 21 heavy (non-hydrogen) atoms. The van der Waals surface area contributed by atoms with Crippen molar-refractivity contribution < 1.29 is 24.9 Å². The molecule has 1 unspecified atom stereocenters. The first-order chi connectivity index (χ1) is 9.71. The molecule has 7 nitrogen and oxygen atoms in total. The maximum atomic E-state index is 10.6. The summed E-state index contributed by atoms with van der Waals surface area (Å²) in [7, 11) is 0. The third-order valence-electron chi connectivity index (χ3n) is 3.64. The van der Waals surface area contributed by atoms with Crippen LogP contribution in [0.4, 0.5) is 0 Å². The highest BCUT2D eigenvalue weighted by atomic mass is 16.7. The Bertz CT molecular complexity index is 605. The summed E-state index contributed by atoms with van der Waals surface area (Å²) in [6.45, 7) is 5.05. The van der Waals surface area contributed by atoms with Gasteiger partial charge in [0.1, 0.15) is 0 Å². The average Bonchev–Trinajstić information content (AvgIpc) is 2.39. The highest BCUT2D eigenvalue weighted by Crippen LogP contribution is 2.40. The molecule has 1 atom stereocenters. The molecular formula is C14H16N2O5. The van der Waals surface area contributed by atoms with Gasteiger partial charge in [-0.2, -0.15) is 9.98 Å². The van der Waals surface area contributed by atoms with Gasteiger partial charge in [-0.3, -0.25) is 0 Å². The molecule has 1 aromatic carbocycles. The Morgan fingerprint density at radius 2 is 1.62 bits per heavy atom. The number of aliphatic hydroxyl groups is 3. The second-order valence-corrected chi connectivity index (χ2v) is 4.78. The first-order valence-electron chi connectivity index (χ1n) is 6.12. The minimum atomic E-state index is -3.53. The second-order valence-electron chi connectivity index (χ2n) is 4.78. The van der Waals surface area contributed by atoms with Crippen LogP contribution in [-0.4, -0.2) is 39.1 Å². The lowest BCUT2D eigenvalue weighted by Crippen LogP contribution is -2.55. The van der Waals surface area contributed by atoms with Crippen molar-refractivity contribution >= 4 is 12.2 Å². The van der Waals surface area contributed by atoms with E-state index in [1.165, 1.54) is 6.92 Å². The summed E-state index contributed by atoms with van der Waals surface area (Å²) < 4.78 is 0. The van der Waals surface area contributed by atoms with Gasteiger partial charge in [0, 0.05) is 5.92 Å². The van der Waals surface area contributed by atoms with E-state index in [4.69, 9.17) is 0 Å². The van der Waals surface area contributed by atoms with Gasteiger partial charge in [0.05, 0.1) is 0 Å². The number of benzene rings is 1. The standard InChI is InChI=1S/C14H16N2O5/c1-9-5-4-6-12(10(9)2)11(3)13(15-7-17,16-8-18)14(19,20)21/h4-6,11,19-21H,1-3H3. The summed E-state index contributed by atoms with van der Waals surface area (Å²) >= 11 is 0. The van der Waals surface area contributed by atoms with E-state index < -0.39 is 17.6 Å². The van der Waals surface area contributed by atoms with Crippen molar-refractivity contribution in [1.29, 1.82) is 0 Å². The zero-order valence-corrected chi connectivity index (χ0v) is 11.9. The topological polar surface area (TPSA) is 120 Å². The largest absolute Gasteiger partial charge is 0.340 e. The Kier molecular flexibility index (Phi) is 4.91. The predicted octanol–water partition coefficient (Wildman–Crippen LogP) is 0.406. The summed E-state index contributed by atoms with van der Waals surface area (Å²) in [5.74, 6) is -4.53. The van der Waals surface area contributed by atoms with Crippen molar-refractivity contribution in [3.8, 4) is 0 Å². The van der Waals surface area contributed by atoms with Crippen molar-refractivity contribution in [1.82, 2.24) is 0 Å². The average molecular weight is 292 g/mol. The number of rotatable bonds is 5. The second kappa shape index (κ2) is 6.10. The molecule has 3 N–H and O–H groups in total. The van der Waals surface area contributed by atoms with Crippen molar-refractivity contribution in [3.05, 3.63) is 34.9 Å². The fraction of sp³-hybridized carbons (Fsp3) is 0.429. The molecule has 1 rings (SSSR count). The fourth-order valence-corrected chi connectivity index (χ4v) is 2.26. The van der Waals surface area contributed by atoms with E-state index in [-0.39, 0.29) is 0 Å². The van der Waals surface area contributed by atoms with E-state index in [0.29, 0.717) is 5.56 Å². The van der Waals surface area contributed by atoms with Gasteiger partial charge >= 0.3 is 5.97 Å². The Morgan fingerprint density at radius 1 is 1.10 bits per heavy atom. The highest BCUT2D eigenvalue weighted by molar-refractivity contribution is 5.44. The van der Waals surface area contributed by atoms with Gasteiger partial charge in [0.25, 0.3) is 5.66 Å². The molecule has 0 aliphatic carbocycles. The molecule has 1 aromatic rings. The molecule has 0 radical (unpaired) electrons. The summed E-state index contributed by atoms with van der Waals surface area (Å²) in [6.07, 6.45) is 2.21. The number of aryl methyl sites for hydroxylation is 1. The first-order valence-corrected chi connectivity index (χ1v) is 6.12. The Balaban J connectivity index is 3.63. The quantitative estimate of drug-likeness (QED) is 0.412. The monoisotopic (exact) mass is 292 g/mol. The number of hydrogen-bond acceptors (Lipinski definition) is 7. The summed E-state index contributed by atoms with van der Waals surface area (Å²) in [5, 5.41) is 28.6. The predicted molar refractivity (Wildman–Crippen MR) is 72.7 cm³/mol. The third kappa shape index (κ3) is 2.97. The first kappa shape index (κ1) is 16.9. The minimum absolute atomic E-state index is 0.537. The van der Waals surface area contributed by atoms with Crippen LogP contribution in [-0.2, 0) is 9.59 Å². The van der Waals surface area contributed by atoms with Gasteiger partial charge in [0.2, 0.25) is 12.2 Å². The van der Waals surface area contributed by atoms with E-state index in [0.717, 1.165) is 23.3 Å². The Labute approximate surface area is 121 Å². The number of hydrogen-bond donors (Lipinski definition) is 3. The summed E-state index contributed by atoms with van der Waals surface area (Å²) in [5.41, 5.74) is -0.331. The minimum Gasteiger partial charge on any atom is -0.340 e. The van der Waals surface area contributed by atoms with Crippen LogP contribution in [0.15, 0.2) is 28.2 Å². The molecule has 0 spiro atoms. The number of nitrogens with zero attached hydrogens (tertiary/aromatic N) is 2. The van der Waals surface area contributed by atoms with Crippen LogP contribution < -0.4 is 0 Å². The highest BCUT2D eigenvalue weighted by Gasteiger charge is 2.55. The molecule has 0 saturated carbocycles.